The summed E-state index contributed by atoms with van der Waals surface area (Å²) < 4.78 is 16.0. The number of ether oxygens (including phenoxy) is 2. The molecule has 1 heterocycles. The van der Waals surface area contributed by atoms with Gasteiger partial charge < -0.3 is 13.9 Å². The molecule has 130 valence electrons. The number of nitriles is 1. The van der Waals surface area contributed by atoms with Gasteiger partial charge in [-0.25, -0.2) is 0 Å². The van der Waals surface area contributed by atoms with Crippen molar-refractivity contribution in [3.63, 3.8) is 0 Å². The van der Waals surface area contributed by atoms with E-state index in [1.165, 1.54) is 6.92 Å². The minimum absolute atomic E-state index is 0.00926. The first-order valence-corrected chi connectivity index (χ1v) is 7.53. The molecule has 0 aliphatic carbocycles. The molecule has 0 bridgehead atoms. The molecule has 7 nitrogen and oxygen atoms in total. The summed E-state index contributed by atoms with van der Waals surface area (Å²) >= 11 is 0. The Morgan fingerprint density at radius 1 is 1.24 bits per heavy atom. The van der Waals surface area contributed by atoms with Crippen molar-refractivity contribution in [1.82, 2.24) is 0 Å². The van der Waals surface area contributed by atoms with Crippen molar-refractivity contribution in [2.45, 2.75) is 26.9 Å². The summed E-state index contributed by atoms with van der Waals surface area (Å²) in [4.78, 5) is 23.9. The monoisotopic (exact) mass is 342 g/mol. The third-order valence-electron chi connectivity index (χ3n) is 3.53. The molecule has 0 spiro atoms. The number of aryl methyl sites for hydroxylation is 1. The molecule has 7 heteroatoms. The molecule has 2 rings (SSSR count). The van der Waals surface area contributed by atoms with Gasteiger partial charge in [0.1, 0.15) is 28.9 Å². The Morgan fingerprint density at radius 3 is 2.36 bits per heavy atom. The lowest BCUT2D eigenvalue weighted by atomic mass is 10.1. The molecule has 1 aromatic carbocycles. The van der Waals surface area contributed by atoms with E-state index in [0.717, 1.165) is 0 Å². The minimum atomic E-state index is -0.842. The molecule has 0 aliphatic rings. The molecule has 0 saturated carbocycles. The number of amides is 1. The lowest BCUT2D eigenvalue weighted by Crippen LogP contribution is -2.30. The largest absolute Gasteiger partial charge is 0.497 e. The molecule has 0 radical (unpaired) electrons. The number of furan rings is 1. The second-order valence-corrected chi connectivity index (χ2v) is 5.33. The van der Waals surface area contributed by atoms with E-state index < -0.39 is 12.0 Å². The molecule has 1 aromatic heterocycles. The zero-order valence-electron chi connectivity index (χ0n) is 14.4. The first kappa shape index (κ1) is 18.1. The van der Waals surface area contributed by atoms with Crippen molar-refractivity contribution in [2.75, 3.05) is 12.4 Å². The van der Waals surface area contributed by atoms with Crippen LogP contribution >= 0.6 is 0 Å². The van der Waals surface area contributed by atoms with E-state index in [1.807, 2.05) is 6.07 Å². The highest BCUT2D eigenvalue weighted by Gasteiger charge is 2.24. The molecule has 1 amide bonds. The van der Waals surface area contributed by atoms with Gasteiger partial charge in [0.2, 0.25) is 5.88 Å². The zero-order valence-corrected chi connectivity index (χ0v) is 14.4. The van der Waals surface area contributed by atoms with Crippen LogP contribution in [0.1, 0.15) is 35.5 Å². The van der Waals surface area contributed by atoms with Gasteiger partial charge in [-0.3, -0.25) is 14.9 Å². The number of anilines is 1. The highest BCUT2D eigenvalue weighted by atomic mass is 16.5. The van der Waals surface area contributed by atoms with Crippen molar-refractivity contribution < 1.29 is 23.5 Å². The Labute approximate surface area is 145 Å². The first-order chi connectivity index (χ1) is 11.9. The topological polar surface area (TPSA) is 102 Å². The fourth-order valence-electron chi connectivity index (χ4n) is 2.29. The number of nitrogens with zero attached hydrogens (tertiary/aromatic N) is 1. The van der Waals surface area contributed by atoms with Crippen LogP contribution in [0.2, 0.25) is 0 Å². The normalized spacial score (nSPS) is 11.3. The van der Waals surface area contributed by atoms with E-state index in [-0.39, 0.29) is 28.6 Å². The van der Waals surface area contributed by atoms with E-state index in [0.29, 0.717) is 11.5 Å². The molecular formula is C18H18N2O5. The number of rotatable bonds is 6. The van der Waals surface area contributed by atoms with E-state index >= 15 is 0 Å². The predicted octanol–water partition coefficient (Wildman–Crippen LogP) is 3.08. The van der Waals surface area contributed by atoms with Crippen LogP contribution in [0.4, 0.5) is 5.88 Å². The second-order valence-electron chi connectivity index (χ2n) is 5.33. The van der Waals surface area contributed by atoms with Gasteiger partial charge in [0.05, 0.1) is 12.7 Å². The third kappa shape index (κ3) is 3.98. The maximum atomic E-state index is 12.3. The van der Waals surface area contributed by atoms with E-state index in [4.69, 9.17) is 13.9 Å². The van der Waals surface area contributed by atoms with Gasteiger partial charge in [0.25, 0.3) is 5.91 Å². The van der Waals surface area contributed by atoms with Gasteiger partial charge in [-0.2, -0.15) is 5.26 Å². The number of methoxy groups -OCH3 is 1. The number of carbonyl (C=O) groups excluding carboxylic acids is 2. The molecule has 1 unspecified atom stereocenters. The summed E-state index contributed by atoms with van der Waals surface area (Å²) in [5.74, 6) is 0.579. The Balaban J connectivity index is 2.12. The fourth-order valence-corrected chi connectivity index (χ4v) is 2.29. The summed E-state index contributed by atoms with van der Waals surface area (Å²) in [6, 6.07) is 8.66. The van der Waals surface area contributed by atoms with E-state index in [1.54, 1.807) is 45.2 Å². The average molecular weight is 342 g/mol. The number of benzene rings is 1. The van der Waals surface area contributed by atoms with Crippen LogP contribution in [-0.2, 0) is 4.79 Å². The van der Waals surface area contributed by atoms with Gasteiger partial charge in [-0.1, -0.05) is 0 Å². The lowest BCUT2D eigenvalue weighted by Gasteiger charge is -2.14. The molecule has 0 fully saturated rings. The van der Waals surface area contributed by atoms with Crippen molar-refractivity contribution in [3.8, 4) is 17.6 Å². The van der Waals surface area contributed by atoms with Crippen molar-refractivity contribution in [3.05, 3.63) is 41.2 Å². The highest BCUT2D eigenvalue weighted by molar-refractivity contribution is 6.01. The first-order valence-electron chi connectivity index (χ1n) is 7.53. The Hall–Kier alpha value is -3.27. The van der Waals surface area contributed by atoms with Crippen LogP contribution in [0.25, 0.3) is 0 Å². The molecule has 1 N–H and O–H groups in total. The summed E-state index contributed by atoms with van der Waals surface area (Å²) in [5, 5.41) is 11.7. The molecule has 2 aromatic rings. The lowest BCUT2D eigenvalue weighted by molar-refractivity contribution is -0.122. The SMILES string of the molecule is COc1ccc(OC(C)C(=O)Nc2oc(C)c(C(C)=O)c2C#N)cc1. The molecule has 0 aliphatic heterocycles. The quantitative estimate of drug-likeness (QED) is 0.810. The Kier molecular flexibility index (Phi) is 5.45. The highest BCUT2D eigenvalue weighted by Crippen LogP contribution is 2.27. The molecule has 25 heavy (non-hydrogen) atoms. The van der Waals surface area contributed by atoms with Crippen LogP contribution in [-0.4, -0.2) is 24.9 Å². The Bertz CT molecular complexity index is 830. The zero-order chi connectivity index (χ0) is 18.6. The van der Waals surface area contributed by atoms with Gasteiger partial charge in [0, 0.05) is 0 Å². The third-order valence-corrected chi connectivity index (χ3v) is 3.53. The van der Waals surface area contributed by atoms with Crippen LogP contribution in [0, 0.1) is 18.3 Å². The summed E-state index contributed by atoms with van der Waals surface area (Å²) in [6.45, 7) is 4.46. The summed E-state index contributed by atoms with van der Waals surface area (Å²) in [7, 11) is 1.55. The van der Waals surface area contributed by atoms with Crippen molar-refractivity contribution in [2.24, 2.45) is 0 Å². The number of ketones is 1. The number of hydrogen-bond donors (Lipinski definition) is 1. The summed E-state index contributed by atoms with van der Waals surface area (Å²) in [5.41, 5.74) is 0.177. The van der Waals surface area contributed by atoms with E-state index in [9.17, 15) is 14.9 Å². The maximum absolute atomic E-state index is 12.3. The molecule has 1 atom stereocenters. The standard InChI is InChI=1S/C18H18N2O5/c1-10(21)16-11(2)25-18(15(16)9-19)20-17(22)12(3)24-14-7-5-13(23-4)6-8-14/h5-8,12H,1-4H3,(H,20,22). The average Bonchev–Trinajstić information content (AvgIpc) is 2.90. The number of nitrogens with one attached hydrogen (secondary N) is 1. The minimum Gasteiger partial charge on any atom is -0.497 e. The van der Waals surface area contributed by atoms with Crippen LogP contribution in [0.5, 0.6) is 11.5 Å². The maximum Gasteiger partial charge on any atom is 0.267 e. The van der Waals surface area contributed by atoms with Gasteiger partial charge in [-0.15, -0.1) is 0 Å². The van der Waals surface area contributed by atoms with Gasteiger partial charge in [-0.05, 0) is 45.0 Å². The van der Waals surface area contributed by atoms with Gasteiger partial charge >= 0.3 is 0 Å². The Morgan fingerprint density at radius 2 is 1.84 bits per heavy atom. The summed E-state index contributed by atoms with van der Waals surface area (Å²) in [6.07, 6.45) is -0.842. The van der Waals surface area contributed by atoms with Gasteiger partial charge in [0.15, 0.2) is 11.9 Å². The number of hydrogen-bond acceptors (Lipinski definition) is 6. The van der Waals surface area contributed by atoms with Crippen LogP contribution < -0.4 is 14.8 Å². The van der Waals surface area contributed by atoms with E-state index in [2.05, 4.69) is 5.32 Å². The molecular weight excluding hydrogens is 324 g/mol. The molecule has 0 saturated heterocycles. The van der Waals surface area contributed by atoms with Crippen molar-refractivity contribution >= 4 is 17.6 Å². The number of carbonyl (C=O) groups is 2. The van der Waals surface area contributed by atoms with Crippen LogP contribution in [0.3, 0.4) is 0 Å². The fraction of sp³-hybridized carbons (Fsp3) is 0.278. The van der Waals surface area contributed by atoms with Crippen molar-refractivity contribution in [1.29, 1.82) is 5.26 Å². The predicted molar refractivity (Wildman–Crippen MR) is 89.9 cm³/mol. The van der Waals surface area contributed by atoms with Crippen LogP contribution in [0.15, 0.2) is 28.7 Å². The smallest absolute Gasteiger partial charge is 0.267 e. The second kappa shape index (κ2) is 7.53. The number of Topliss-reactive ketones (excluding diaryl/α,β-unsaturated/α-hetero) is 1.